The molecule has 0 unspecified atom stereocenters. The summed E-state index contributed by atoms with van der Waals surface area (Å²) in [5.74, 6) is 0.841. The lowest BCUT2D eigenvalue weighted by atomic mass is 10.2. The number of benzene rings is 1. The maximum Gasteiger partial charge on any atom is 0.254 e. The number of morpholine rings is 1. The Morgan fingerprint density at radius 3 is 2.62 bits per heavy atom. The van der Waals surface area contributed by atoms with Crippen molar-refractivity contribution in [1.82, 2.24) is 4.90 Å². The molecule has 1 aromatic rings. The van der Waals surface area contributed by atoms with Crippen LogP contribution in [0.25, 0.3) is 0 Å². The molecule has 114 valence electrons. The first-order valence-electron chi connectivity index (χ1n) is 7.54. The summed E-state index contributed by atoms with van der Waals surface area (Å²) < 4.78 is 16.5. The van der Waals surface area contributed by atoms with Crippen molar-refractivity contribution < 1.29 is 19.0 Å². The normalized spacial score (nSPS) is 22.3. The predicted molar refractivity (Wildman–Crippen MR) is 77.6 cm³/mol. The number of carbonyl (C=O) groups is 1. The molecule has 21 heavy (non-hydrogen) atoms. The van der Waals surface area contributed by atoms with Gasteiger partial charge < -0.3 is 19.1 Å². The molecule has 2 saturated heterocycles. The lowest BCUT2D eigenvalue weighted by molar-refractivity contribution is 0.0303. The van der Waals surface area contributed by atoms with Gasteiger partial charge in [-0.15, -0.1) is 0 Å². The second-order valence-electron chi connectivity index (χ2n) is 5.37. The van der Waals surface area contributed by atoms with Gasteiger partial charge in [0.2, 0.25) is 0 Å². The number of ether oxygens (including phenoxy) is 3. The maximum atomic E-state index is 12.3. The lowest BCUT2D eigenvalue weighted by Crippen LogP contribution is -2.40. The molecular formula is C16H21NO4. The molecule has 5 heteroatoms. The minimum Gasteiger partial charge on any atom is -0.491 e. The largest absolute Gasteiger partial charge is 0.491 e. The molecule has 1 amide bonds. The van der Waals surface area contributed by atoms with Crippen LogP contribution >= 0.6 is 0 Å². The van der Waals surface area contributed by atoms with Gasteiger partial charge in [0.05, 0.1) is 19.3 Å². The van der Waals surface area contributed by atoms with Crippen molar-refractivity contribution in [1.29, 1.82) is 0 Å². The summed E-state index contributed by atoms with van der Waals surface area (Å²) in [6.45, 7) is 3.98. The molecule has 5 nitrogen and oxygen atoms in total. The third-order valence-electron chi connectivity index (χ3n) is 3.86. The first-order valence-corrected chi connectivity index (χ1v) is 7.54. The molecule has 3 rings (SSSR count). The van der Waals surface area contributed by atoms with E-state index >= 15 is 0 Å². The minimum absolute atomic E-state index is 0.0592. The third kappa shape index (κ3) is 3.74. The Kier molecular flexibility index (Phi) is 4.72. The van der Waals surface area contributed by atoms with E-state index in [2.05, 4.69) is 0 Å². The fourth-order valence-electron chi connectivity index (χ4n) is 2.61. The molecule has 1 aromatic carbocycles. The van der Waals surface area contributed by atoms with E-state index in [4.69, 9.17) is 14.2 Å². The van der Waals surface area contributed by atoms with Crippen LogP contribution in [0.2, 0.25) is 0 Å². The van der Waals surface area contributed by atoms with Crippen LogP contribution in [0.15, 0.2) is 24.3 Å². The van der Waals surface area contributed by atoms with Crippen molar-refractivity contribution in [2.24, 2.45) is 0 Å². The quantitative estimate of drug-likeness (QED) is 0.847. The van der Waals surface area contributed by atoms with Gasteiger partial charge in [0.25, 0.3) is 5.91 Å². The Morgan fingerprint density at radius 1 is 1.19 bits per heavy atom. The topological polar surface area (TPSA) is 48.0 Å². The Hall–Kier alpha value is -1.59. The monoisotopic (exact) mass is 291 g/mol. The van der Waals surface area contributed by atoms with Gasteiger partial charge in [-0.05, 0) is 37.1 Å². The average molecular weight is 291 g/mol. The predicted octanol–water partition coefficient (Wildman–Crippen LogP) is 1.72. The molecule has 0 radical (unpaired) electrons. The van der Waals surface area contributed by atoms with E-state index < -0.39 is 0 Å². The summed E-state index contributed by atoms with van der Waals surface area (Å²) >= 11 is 0. The summed E-state index contributed by atoms with van der Waals surface area (Å²) in [7, 11) is 0. The van der Waals surface area contributed by atoms with E-state index in [-0.39, 0.29) is 12.0 Å². The second-order valence-corrected chi connectivity index (χ2v) is 5.37. The van der Waals surface area contributed by atoms with Crippen LogP contribution in [0.5, 0.6) is 5.75 Å². The number of carbonyl (C=O) groups excluding carboxylic acids is 1. The van der Waals surface area contributed by atoms with Crippen molar-refractivity contribution in [2.45, 2.75) is 18.9 Å². The van der Waals surface area contributed by atoms with E-state index in [1.807, 2.05) is 29.2 Å². The molecule has 2 fully saturated rings. The molecule has 0 saturated carbocycles. The van der Waals surface area contributed by atoms with Crippen molar-refractivity contribution in [3.8, 4) is 5.75 Å². The fourth-order valence-corrected chi connectivity index (χ4v) is 2.61. The van der Waals surface area contributed by atoms with Gasteiger partial charge in [-0.2, -0.15) is 0 Å². The van der Waals surface area contributed by atoms with Crippen LogP contribution in [-0.4, -0.2) is 56.4 Å². The molecule has 2 heterocycles. The highest BCUT2D eigenvalue weighted by molar-refractivity contribution is 5.94. The zero-order valence-corrected chi connectivity index (χ0v) is 12.1. The van der Waals surface area contributed by atoms with Gasteiger partial charge in [0, 0.05) is 25.3 Å². The molecule has 0 aromatic heterocycles. The maximum absolute atomic E-state index is 12.3. The van der Waals surface area contributed by atoms with E-state index in [9.17, 15) is 4.79 Å². The van der Waals surface area contributed by atoms with Crippen molar-refractivity contribution in [3.63, 3.8) is 0 Å². The van der Waals surface area contributed by atoms with E-state index in [0.717, 1.165) is 25.2 Å². The summed E-state index contributed by atoms with van der Waals surface area (Å²) in [4.78, 5) is 14.1. The molecular weight excluding hydrogens is 270 g/mol. The van der Waals surface area contributed by atoms with Crippen LogP contribution in [-0.2, 0) is 9.47 Å². The Labute approximate surface area is 124 Å². The van der Waals surface area contributed by atoms with Crippen molar-refractivity contribution in [2.75, 3.05) is 39.5 Å². The zero-order chi connectivity index (χ0) is 14.5. The number of amides is 1. The highest BCUT2D eigenvalue weighted by atomic mass is 16.5. The van der Waals surface area contributed by atoms with E-state index in [0.29, 0.717) is 38.5 Å². The van der Waals surface area contributed by atoms with E-state index in [1.54, 1.807) is 0 Å². The number of hydrogen-bond acceptors (Lipinski definition) is 4. The van der Waals surface area contributed by atoms with Gasteiger partial charge in [-0.3, -0.25) is 4.79 Å². The third-order valence-corrected chi connectivity index (χ3v) is 3.86. The van der Waals surface area contributed by atoms with Crippen LogP contribution in [0.3, 0.4) is 0 Å². The first-order chi connectivity index (χ1) is 10.3. The number of hydrogen-bond donors (Lipinski definition) is 0. The molecule has 2 aliphatic rings. The number of rotatable bonds is 4. The van der Waals surface area contributed by atoms with Crippen LogP contribution < -0.4 is 4.74 Å². The summed E-state index contributed by atoms with van der Waals surface area (Å²) in [5, 5.41) is 0. The van der Waals surface area contributed by atoms with Crippen LogP contribution in [0.1, 0.15) is 23.2 Å². The highest BCUT2D eigenvalue weighted by Crippen LogP contribution is 2.17. The molecule has 2 aliphatic heterocycles. The molecule has 0 bridgehead atoms. The standard InChI is InChI=1S/C16H21NO4/c18-16(17-7-10-19-11-8-17)13-3-5-14(6-4-13)21-12-15-2-1-9-20-15/h3-6,15H,1-2,7-12H2/t15-/m0/s1. The number of nitrogens with zero attached hydrogens (tertiary/aromatic N) is 1. The van der Waals surface area contributed by atoms with Crippen molar-refractivity contribution in [3.05, 3.63) is 29.8 Å². The average Bonchev–Trinajstić information content (AvgIpc) is 3.07. The SMILES string of the molecule is O=C(c1ccc(OC[C@@H]2CCCO2)cc1)N1CCOCC1. The Balaban J connectivity index is 1.54. The molecule has 0 N–H and O–H groups in total. The smallest absolute Gasteiger partial charge is 0.254 e. The minimum atomic E-state index is 0.0592. The highest BCUT2D eigenvalue weighted by Gasteiger charge is 2.19. The zero-order valence-electron chi connectivity index (χ0n) is 12.1. The molecule has 0 spiro atoms. The molecule has 0 aliphatic carbocycles. The van der Waals surface area contributed by atoms with E-state index in [1.165, 1.54) is 0 Å². The van der Waals surface area contributed by atoms with Gasteiger partial charge in [-0.1, -0.05) is 0 Å². The Morgan fingerprint density at radius 2 is 1.95 bits per heavy atom. The van der Waals surface area contributed by atoms with Gasteiger partial charge >= 0.3 is 0 Å². The summed E-state index contributed by atoms with van der Waals surface area (Å²) in [6, 6.07) is 7.34. The lowest BCUT2D eigenvalue weighted by Gasteiger charge is -2.26. The Bertz CT molecular complexity index is 462. The van der Waals surface area contributed by atoms with Gasteiger partial charge in [0.15, 0.2) is 0 Å². The van der Waals surface area contributed by atoms with Gasteiger partial charge in [0.1, 0.15) is 12.4 Å². The van der Waals surface area contributed by atoms with Crippen LogP contribution in [0, 0.1) is 0 Å². The molecule has 1 atom stereocenters. The van der Waals surface area contributed by atoms with Crippen molar-refractivity contribution >= 4 is 5.91 Å². The second kappa shape index (κ2) is 6.91. The summed E-state index contributed by atoms with van der Waals surface area (Å²) in [5.41, 5.74) is 0.696. The van der Waals surface area contributed by atoms with Gasteiger partial charge in [-0.25, -0.2) is 0 Å². The fraction of sp³-hybridized carbons (Fsp3) is 0.562. The first kappa shape index (κ1) is 14.4. The van der Waals surface area contributed by atoms with Crippen LogP contribution in [0.4, 0.5) is 0 Å². The summed E-state index contributed by atoms with van der Waals surface area (Å²) in [6.07, 6.45) is 2.38.